The Balaban J connectivity index is 1.79. The van der Waals surface area contributed by atoms with Crippen molar-refractivity contribution in [2.75, 3.05) is 18.0 Å². The number of benzene rings is 2. The Bertz CT molecular complexity index is 1140. The third-order valence-corrected chi connectivity index (χ3v) is 5.43. The first-order chi connectivity index (χ1) is 12.2. The van der Waals surface area contributed by atoms with Crippen LogP contribution in [0.3, 0.4) is 0 Å². The molecular formula is C20H19N3OS. The van der Waals surface area contributed by atoms with E-state index < -0.39 is 0 Å². The molecule has 0 spiro atoms. The lowest BCUT2D eigenvalue weighted by atomic mass is 10.2. The van der Waals surface area contributed by atoms with Crippen molar-refractivity contribution in [1.29, 1.82) is 0 Å². The Kier molecular flexibility index (Phi) is 4.01. The topological polar surface area (TPSA) is 37.6 Å². The van der Waals surface area contributed by atoms with E-state index in [2.05, 4.69) is 48.0 Å². The molecule has 0 aliphatic rings. The van der Waals surface area contributed by atoms with E-state index in [9.17, 15) is 4.79 Å². The highest BCUT2D eigenvalue weighted by Crippen LogP contribution is 2.17. The molecule has 0 radical (unpaired) electrons. The first-order valence-corrected chi connectivity index (χ1v) is 9.29. The van der Waals surface area contributed by atoms with Crippen molar-refractivity contribution in [2.45, 2.75) is 13.8 Å². The second-order valence-electron chi connectivity index (χ2n) is 5.90. The number of para-hydroxylation sites is 2. The van der Waals surface area contributed by atoms with E-state index in [4.69, 9.17) is 0 Å². The molecule has 0 fully saturated rings. The third kappa shape index (κ3) is 2.70. The number of rotatable bonds is 4. The number of hydrogen-bond acceptors (Lipinski definition) is 4. The van der Waals surface area contributed by atoms with E-state index in [0.717, 1.165) is 34.6 Å². The molecule has 4 aromatic rings. The number of hydrogen-bond donors (Lipinski definition) is 0. The molecule has 5 heteroatoms. The van der Waals surface area contributed by atoms with Crippen molar-refractivity contribution in [3.8, 4) is 0 Å². The van der Waals surface area contributed by atoms with Gasteiger partial charge in [-0.05, 0) is 49.8 Å². The molecule has 4 nitrogen and oxygen atoms in total. The minimum atomic E-state index is 0.00141. The summed E-state index contributed by atoms with van der Waals surface area (Å²) in [6, 6.07) is 16.1. The summed E-state index contributed by atoms with van der Waals surface area (Å²) in [4.78, 5) is 20.4. The molecule has 0 saturated heterocycles. The largest absolute Gasteiger partial charge is 0.372 e. The van der Waals surface area contributed by atoms with Gasteiger partial charge in [0.2, 0.25) is 0 Å². The molecule has 2 heterocycles. The molecule has 0 unspecified atom stereocenters. The molecule has 0 N–H and O–H groups in total. The van der Waals surface area contributed by atoms with Crippen LogP contribution in [0.2, 0.25) is 0 Å². The highest BCUT2D eigenvalue weighted by atomic mass is 32.1. The van der Waals surface area contributed by atoms with Gasteiger partial charge in [0.05, 0.1) is 15.6 Å². The molecule has 0 aliphatic heterocycles. The fourth-order valence-corrected chi connectivity index (χ4v) is 4.12. The Morgan fingerprint density at radius 1 is 1.08 bits per heavy atom. The van der Waals surface area contributed by atoms with Crippen molar-refractivity contribution in [3.63, 3.8) is 0 Å². The molecule has 2 aromatic heterocycles. The first-order valence-electron chi connectivity index (χ1n) is 8.48. The number of aromatic nitrogens is 2. The molecule has 0 saturated carbocycles. The van der Waals surface area contributed by atoms with Gasteiger partial charge in [0.1, 0.15) is 0 Å². The lowest BCUT2D eigenvalue weighted by molar-refractivity contribution is 0.866. The number of imidazole rings is 1. The molecule has 126 valence electrons. The predicted octanol–water partition coefficient (Wildman–Crippen LogP) is 3.30. The van der Waals surface area contributed by atoms with E-state index in [0.29, 0.717) is 4.53 Å². The summed E-state index contributed by atoms with van der Waals surface area (Å²) in [7, 11) is 0. The minimum absolute atomic E-state index is 0.00141. The molecule has 0 amide bonds. The van der Waals surface area contributed by atoms with E-state index in [1.807, 2.05) is 30.3 Å². The smallest absolute Gasteiger partial charge is 0.274 e. The van der Waals surface area contributed by atoms with Gasteiger partial charge in [-0.2, -0.15) is 0 Å². The molecular weight excluding hydrogens is 330 g/mol. The zero-order valence-electron chi connectivity index (χ0n) is 14.3. The SMILES string of the molecule is CCN(CC)c1ccc(C=c2sc3nc4ccccc4n3c2=O)cc1. The van der Waals surface area contributed by atoms with Crippen molar-refractivity contribution >= 4 is 39.1 Å². The van der Waals surface area contributed by atoms with E-state index >= 15 is 0 Å². The van der Waals surface area contributed by atoms with Crippen LogP contribution >= 0.6 is 11.3 Å². The van der Waals surface area contributed by atoms with E-state index in [-0.39, 0.29) is 5.56 Å². The third-order valence-electron chi connectivity index (χ3n) is 4.46. The van der Waals surface area contributed by atoms with Crippen molar-refractivity contribution < 1.29 is 0 Å². The van der Waals surface area contributed by atoms with Crippen LogP contribution in [0.15, 0.2) is 53.3 Å². The number of anilines is 1. The monoisotopic (exact) mass is 349 g/mol. The molecule has 25 heavy (non-hydrogen) atoms. The molecule has 4 rings (SSSR count). The fraction of sp³-hybridized carbons (Fsp3) is 0.200. The second-order valence-corrected chi connectivity index (χ2v) is 6.91. The van der Waals surface area contributed by atoms with Crippen LogP contribution in [0.1, 0.15) is 19.4 Å². The Morgan fingerprint density at radius 2 is 1.80 bits per heavy atom. The van der Waals surface area contributed by atoms with Gasteiger partial charge in [0.25, 0.3) is 5.56 Å². The second kappa shape index (κ2) is 6.33. The van der Waals surface area contributed by atoms with Crippen molar-refractivity contribution in [3.05, 3.63) is 69.0 Å². The lowest BCUT2D eigenvalue weighted by Crippen LogP contribution is -2.23. The van der Waals surface area contributed by atoms with Crippen LogP contribution in [0.25, 0.3) is 22.1 Å². The quantitative estimate of drug-likeness (QED) is 0.567. The molecule has 2 aromatic carbocycles. The van der Waals surface area contributed by atoms with Gasteiger partial charge >= 0.3 is 0 Å². The summed E-state index contributed by atoms with van der Waals surface area (Å²) in [6.45, 7) is 6.27. The normalized spacial score (nSPS) is 12.3. The van der Waals surface area contributed by atoms with Gasteiger partial charge in [-0.1, -0.05) is 35.6 Å². The van der Waals surface area contributed by atoms with Crippen LogP contribution in [0.5, 0.6) is 0 Å². The van der Waals surface area contributed by atoms with Gasteiger partial charge < -0.3 is 4.90 Å². The summed E-state index contributed by atoms with van der Waals surface area (Å²) >= 11 is 1.44. The van der Waals surface area contributed by atoms with Crippen LogP contribution in [0.4, 0.5) is 5.69 Å². The fourth-order valence-electron chi connectivity index (χ4n) is 3.13. The Labute approximate surface area is 149 Å². The Hall–Kier alpha value is -2.66. The zero-order chi connectivity index (χ0) is 17.4. The Morgan fingerprint density at radius 3 is 2.52 bits per heavy atom. The maximum absolute atomic E-state index is 12.8. The van der Waals surface area contributed by atoms with Gasteiger partial charge in [-0.15, -0.1) is 0 Å². The average molecular weight is 349 g/mol. The first kappa shape index (κ1) is 15.8. The van der Waals surface area contributed by atoms with Gasteiger partial charge in [-0.25, -0.2) is 9.38 Å². The van der Waals surface area contributed by atoms with Gasteiger partial charge in [0, 0.05) is 18.8 Å². The van der Waals surface area contributed by atoms with Gasteiger partial charge in [-0.3, -0.25) is 4.79 Å². The highest BCUT2D eigenvalue weighted by Gasteiger charge is 2.10. The van der Waals surface area contributed by atoms with E-state index in [1.54, 1.807) is 4.40 Å². The summed E-state index contributed by atoms with van der Waals surface area (Å²) in [5.74, 6) is 0. The molecule has 0 atom stereocenters. The maximum Gasteiger partial charge on any atom is 0.274 e. The summed E-state index contributed by atoms with van der Waals surface area (Å²) in [5.41, 5.74) is 3.97. The standard InChI is InChI=1S/C20H19N3OS/c1-3-22(4-2)15-11-9-14(10-12-15)13-18-19(24)23-17-8-6-5-7-16(17)21-20(23)25-18/h5-13H,3-4H2,1-2H3. The summed E-state index contributed by atoms with van der Waals surface area (Å²) in [6.07, 6.45) is 1.95. The zero-order valence-corrected chi connectivity index (χ0v) is 15.1. The van der Waals surface area contributed by atoms with Gasteiger partial charge in [0.15, 0.2) is 4.96 Å². The van der Waals surface area contributed by atoms with E-state index in [1.165, 1.54) is 17.0 Å². The summed E-state index contributed by atoms with van der Waals surface area (Å²) < 4.78 is 2.42. The molecule has 0 aliphatic carbocycles. The number of thiazole rings is 1. The average Bonchev–Trinajstić information content (AvgIpc) is 3.14. The maximum atomic E-state index is 12.8. The summed E-state index contributed by atoms with van der Waals surface area (Å²) in [5, 5.41) is 0. The lowest BCUT2D eigenvalue weighted by Gasteiger charge is -2.20. The number of fused-ring (bicyclic) bond motifs is 3. The van der Waals surface area contributed by atoms with Crippen LogP contribution in [-0.4, -0.2) is 22.5 Å². The van der Waals surface area contributed by atoms with Crippen LogP contribution in [-0.2, 0) is 0 Å². The van der Waals surface area contributed by atoms with Crippen LogP contribution < -0.4 is 15.0 Å². The van der Waals surface area contributed by atoms with Crippen molar-refractivity contribution in [1.82, 2.24) is 9.38 Å². The van der Waals surface area contributed by atoms with Crippen LogP contribution in [0, 0.1) is 0 Å². The highest BCUT2D eigenvalue weighted by molar-refractivity contribution is 7.15. The number of nitrogens with zero attached hydrogens (tertiary/aromatic N) is 3. The predicted molar refractivity (Wildman–Crippen MR) is 106 cm³/mol. The molecule has 0 bridgehead atoms. The minimum Gasteiger partial charge on any atom is -0.372 e. The van der Waals surface area contributed by atoms with Crippen molar-refractivity contribution in [2.24, 2.45) is 0 Å².